The summed E-state index contributed by atoms with van der Waals surface area (Å²) in [6.07, 6.45) is 44.2. The number of unbranched alkanes of at least 4 members (excludes halogenated alkanes) is 14. The van der Waals surface area contributed by atoms with Gasteiger partial charge >= 0.3 is 19.8 Å². The highest BCUT2D eigenvalue weighted by Gasteiger charge is 2.26. The highest BCUT2D eigenvalue weighted by molar-refractivity contribution is 7.47. The second-order valence-electron chi connectivity index (χ2n) is 13.5. The summed E-state index contributed by atoms with van der Waals surface area (Å²) in [7, 11) is -2.67. The maximum Gasteiger partial charge on any atom is 0.472 e. The number of hydrogen-bond acceptors (Lipinski definition) is 8. The van der Waals surface area contributed by atoms with Gasteiger partial charge in [0.2, 0.25) is 0 Å². The van der Waals surface area contributed by atoms with Crippen LogP contribution in [0.2, 0.25) is 0 Å². The van der Waals surface area contributed by atoms with Gasteiger partial charge in [0.25, 0.3) is 0 Å². The lowest BCUT2D eigenvalue weighted by molar-refractivity contribution is -0.161. The quantitative estimate of drug-likeness (QED) is 0.0274. The van der Waals surface area contributed by atoms with Crippen LogP contribution in [-0.2, 0) is 32.7 Å². The molecule has 306 valence electrons. The first-order valence-electron chi connectivity index (χ1n) is 20.7. The molecule has 2 unspecified atom stereocenters. The van der Waals surface area contributed by atoms with Gasteiger partial charge in [-0.3, -0.25) is 18.6 Å². The van der Waals surface area contributed by atoms with Crippen molar-refractivity contribution in [3.63, 3.8) is 0 Å². The molecule has 0 spiro atoms. The predicted octanol–water partition coefficient (Wildman–Crippen LogP) is 11.6. The molecule has 0 bridgehead atoms. The number of ether oxygens (including phenoxy) is 2. The van der Waals surface area contributed by atoms with E-state index in [1.54, 1.807) is 7.05 Å². The van der Waals surface area contributed by atoms with Gasteiger partial charge in [0, 0.05) is 19.4 Å². The number of likely N-dealkylation sites (N-methyl/N-ethyl adjacent to an activating group) is 1. The minimum atomic E-state index is -4.36. The minimum Gasteiger partial charge on any atom is -0.462 e. The fraction of sp³-hybridized carbons (Fsp3) is 0.721. The molecular weight excluding hydrogens is 689 g/mol. The SMILES string of the molecule is CCCCC/C=C\C/C=C\C/C=C\C/C=C\C/C=C\CCC(=O)OCC(COP(=O)(O)OCCNC)OC(=O)CCCCCCCCCCCCCC. The summed E-state index contributed by atoms with van der Waals surface area (Å²) >= 11 is 0. The summed E-state index contributed by atoms with van der Waals surface area (Å²) in [4.78, 5) is 34.9. The number of allylic oxidation sites excluding steroid dienone is 10. The van der Waals surface area contributed by atoms with E-state index in [0.29, 0.717) is 19.4 Å². The van der Waals surface area contributed by atoms with Crippen LogP contribution < -0.4 is 5.32 Å². The third kappa shape index (κ3) is 39.2. The smallest absolute Gasteiger partial charge is 0.462 e. The Morgan fingerprint density at radius 3 is 1.58 bits per heavy atom. The fourth-order valence-corrected chi connectivity index (χ4v) is 5.99. The molecule has 0 aromatic heterocycles. The van der Waals surface area contributed by atoms with Crippen molar-refractivity contribution in [2.45, 2.75) is 168 Å². The van der Waals surface area contributed by atoms with Gasteiger partial charge in [-0.2, -0.15) is 0 Å². The zero-order chi connectivity index (χ0) is 38.9. The molecule has 0 aliphatic heterocycles. The maximum absolute atomic E-state index is 12.6. The average molecular weight is 766 g/mol. The highest BCUT2D eigenvalue weighted by Crippen LogP contribution is 2.43. The number of hydrogen-bond donors (Lipinski definition) is 2. The molecule has 53 heavy (non-hydrogen) atoms. The second-order valence-corrected chi connectivity index (χ2v) is 14.9. The third-order valence-corrected chi connectivity index (χ3v) is 9.39. The molecule has 0 aromatic carbocycles. The van der Waals surface area contributed by atoms with Gasteiger partial charge in [-0.05, 0) is 58.4 Å². The van der Waals surface area contributed by atoms with E-state index in [0.717, 1.165) is 44.9 Å². The maximum atomic E-state index is 12.6. The largest absolute Gasteiger partial charge is 0.472 e. The molecule has 2 N–H and O–H groups in total. The van der Waals surface area contributed by atoms with Crippen LogP contribution in [0.3, 0.4) is 0 Å². The van der Waals surface area contributed by atoms with Gasteiger partial charge in [-0.15, -0.1) is 0 Å². The van der Waals surface area contributed by atoms with Crippen molar-refractivity contribution in [3.05, 3.63) is 60.8 Å². The van der Waals surface area contributed by atoms with Crippen molar-refractivity contribution in [3.8, 4) is 0 Å². The number of carbonyl (C=O) groups excluding carboxylic acids is 2. The average Bonchev–Trinajstić information content (AvgIpc) is 3.14. The minimum absolute atomic E-state index is 0.0292. The topological polar surface area (TPSA) is 120 Å². The monoisotopic (exact) mass is 766 g/mol. The van der Waals surface area contributed by atoms with Gasteiger partial charge in [0.15, 0.2) is 6.10 Å². The van der Waals surface area contributed by atoms with E-state index < -0.39 is 32.5 Å². The highest BCUT2D eigenvalue weighted by atomic mass is 31.2. The van der Waals surface area contributed by atoms with Gasteiger partial charge < -0.3 is 19.7 Å². The number of phosphoric ester groups is 1. The molecule has 0 heterocycles. The second kappa shape index (κ2) is 39.4. The molecule has 9 nitrogen and oxygen atoms in total. The molecule has 0 amide bonds. The van der Waals surface area contributed by atoms with Gasteiger partial charge in [0.1, 0.15) is 6.61 Å². The van der Waals surface area contributed by atoms with Crippen LogP contribution in [0.5, 0.6) is 0 Å². The Kier molecular flexibility index (Phi) is 37.7. The van der Waals surface area contributed by atoms with Gasteiger partial charge in [0.05, 0.1) is 13.2 Å². The summed E-state index contributed by atoms with van der Waals surface area (Å²) in [5, 5.41) is 2.81. The lowest BCUT2D eigenvalue weighted by atomic mass is 10.0. The van der Waals surface area contributed by atoms with E-state index in [9.17, 15) is 19.0 Å². The van der Waals surface area contributed by atoms with Crippen molar-refractivity contribution in [1.29, 1.82) is 0 Å². The van der Waals surface area contributed by atoms with Crippen LogP contribution in [0.4, 0.5) is 0 Å². The third-order valence-electron chi connectivity index (χ3n) is 8.40. The molecule has 0 saturated heterocycles. The van der Waals surface area contributed by atoms with Crippen molar-refractivity contribution in [2.24, 2.45) is 0 Å². The first-order chi connectivity index (χ1) is 25.8. The van der Waals surface area contributed by atoms with Crippen molar-refractivity contribution < 1.29 is 37.6 Å². The van der Waals surface area contributed by atoms with Crippen LogP contribution in [0.15, 0.2) is 60.8 Å². The van der Waals surface area contributed by atoms with E-state index in [1.807, 2.05) is 12.2 Å². The Labute approximate surface area is 323 Å². The molecule has 2 atom stereocenters. The van der Waals surface area contributed by atoms with Gasteiger partial charge in [-0.1, -0.05) is 158 Å². The Balaban J connectivity index is 4.37. The lowest BCUT2D eigenvalue weighted by Crippen LogP contribution is -2.29. The molecule has 0 aliphatic carbocycles. The van der Waals surface area contributed by atoms with E-state index in [1.165, 1.54) is 77.0 Å². The molecular formula is C43H76NO8P. The van der Waals surface area contributed by atoms with E-state index in [4.69, 9.17) is 18.5 Å². The first-order valence-corrected chi connectivity index (χ1v) is 22.2. The Bertz CT molecular complexity index is 1050. The summed E-state index contributed by atoms with van der Waals surface area (Å²) in [5.74, 6) is -0.905. The standard InChI is InChI=1S/C43H76NO8P/c1-4-6-8-10-12-14-16-18-19-20-21-22-23-24-26-27-29-31-33-35-42(45)49-39-41(40-51-53(47,48)50-38-37-44-3)52-43(46)36-34-32-30-28-25-17-15-13-11-9-7-5-2/h12,14,18-19,21-22,24,26,29,31,41,44H,4-11,13,15-17,20,23,25,27-28,30,32-40H2,1-3H3,(H,47,48)/b14-12-,19-18-,22-21-,26-24-,31-29-. The Morgan fingerprint density at radius 1 is 0.585 bits per heavy atom. The molecule has 0 aromatic rings. The van der Waals surface area contributed by atoms with Crippen LogP contribution in [0, 0.1) is 0 Å². The zero-order valence-corrected chi connectivity index (χ0v) is 34.6. The normalized spacial score (nSPS) is 14.0. The molecule has 0 rings (SSSR count). The van der Waals surface area contributed by atoms with Crippen LogP contribution in [-0.4, -0.2) is 56.3 Å². The first kappa shape index (κ1) is 50.7. The van der Waals surface area contributed by atoms with E-state index in [-0.39, 0.29) is 26.1 Å². The Hall–Kier alpha value is -2.29. The van der Waals surface area contributed by atoms with Crippen molar-refractivity contribution in [2.75, 3.05) is 33.4 Å². The van der Waals surface area contributed by atoms with Crippen molar-refractivity contribution in [1.82, 2.24) is 5.32 Å². The number of phosphoric acid groups is 1. The van der Waals surface area contributed by atoms with Crippen molar-refractivity contribution >= 4 is 19.8 Å². The van der Waals surface area contributed by atoms with Crippen LogP contribution in [0.1, 0.15) is 162 Å². The fourth-order valence-electron chi connectivity index (χ4n) is 5.24. The molecule has 10 heteroatoms. The molecule has 0 fully saturated rings. The zero-order valence-electron chi connectivity index (χ0n) is 33.7. The summed E-state index contributed by atoms with van der Waals surface area (Å²) in [5.41, 5.74) is 0. The van der Waals surface area contributed by atoms with Crippen LogP contribution in [0.25, 0.3) is 0 Å². The number of nitrogens with one attached hydrogen (secondary N) is 1. The lowest BCUT2D eigenvalue weighted by Gasteiger charge is -2.20. The van der Waals surface area contributed by atoms with E-state index >= 15 is 0 Å². The number of carbonyl (C=O) groups is 2. The number of esters is 2. The number of rotatable bonds is 38. The predicted molar refractivity (Wildman–Crippen MR) is 220 cm³/mol. The summed E-state index contributed by atoms with van der Waals surface area (Å²) < 4.78 is 33.0. The van der Waals surface area contributed by atoms with E-state index in [2.05, 4.69) is 67.8 Å². The Morgan fingerprint density at radius 2 is 1.06 bits per heavy atom. The summed E-state index contributed by atoms with van der Waals surface area (Å²) in [6.45, 7) is 4.09. The van der Waals surface area contributed by atoms with Gasteiger partial charge in [-0.25, -0.2) is 4.57 Å². The summed E-state index contributed by atoms with van der Waals surface area (Å²) in [6, 6.07) is 0. The molecule has 0 radical (unpaired) electrons. The van der Waals surface area contributed by atoms with Crippen LogP contribution >= 0.6 is 7.82 Å². The molecule has 0 aliphatic rings. The molecule has 0 saturated carbocycles.